The van der Waals surface area contributed by atoms with Gasteiger partial charge in [0.05, 0.1) is 42.2 Å². The van der Waals surface area contributed by atoms with Crippen LogP contribution in [0.15, 0.2) is 30.3 Å². The molecule has 1 aliphatic heterocycles. The molecule has 0 bridgehead atoms. The van der Waals surface area contributed by atoms with Gasteiger partial charge in [-0.05, 0) is 143 Å². The lowest BCUT2D eigenvalue weighted by molar-refractivity contribution is -0.169. The van der Waals surface area contributed by atoms with Crippen LogP contribution in [0.2, 0.25) is 8.67 Å². The quantitative estimate of drug-likeness (QED) is 0.101. The third kappa shape index (κ3) is 8.54. The Kier molecular flexibility index (Phi) is 12.6. The molecule has 1 amide bonds. The van der Waals surface area contributed by atoms with Crippen LogP contribution in [0, 0.1) is 11.8 Å². The van der Waals surface area contributed by atoms with Gasteiger partial charge >= 0.3 is 5.97 Å². The molecular weight excluding hydrogens is 808 g/mol. The van der Waals surface area contributed by atoms with E-state index in [0.29, 0.717) is 69.7 Å². The van der Waals surface area contributed by atoms with Crippen molar-refractivity contribution in [3.8, 4) is 0 Å². The average molecular weight is 860 g/mol. The number of fused-ring (bicyclic) bond motifs is 4. The third-order valence-electron chi connectivity index (χ3n) is 13.0. The van der Waals surface area contributed by atoms with Crippen molar-refractivity contribution in [2.45, 2.75) is 126 Å². The van der Waals surface area contributed by atoms with Crippen molar-refractivity contribution < 1.29 is 29.6 Å². The topological polar surface area (TPSA) is 162 Å². The minimum atomic E-state index is -1.96. The molecule has 3 fully saturated rings. The summed E-state index contributed by atoms with van der Waals surface area (Å²) in [5, 5.41) is 49.2. The highest BCUT2D eigenvalue weighted by atomic mass is 35.5. The van der Waals surface area contributed by atoms with E-state index in [4.69, 9.17) is 27.9 Å². The van der Waals surface area contributed by atoms with E-state index in [-0.39, 0.29) is 29.9 Å². The Labute approximate surface area is 350 Å². The predicted molar refractivity (Wildman–Crippen MR) is 222 cm³/mol. The Bertz CT molecular complexity index is 2020. The van der Waals surface area contributed by atoms with Gasteiger partial charge < -0.3 is 35.6 Å². The summed E-state index contributed by atoms with van der Waals surface area (Å²) in [6.45, 7) is 2.76. The van der Waals surface area contributed by atoms with Gasteiger partial charge in [-0.3, -0.25) is 4.79 Å². The number of benzene rings is 1. The fourth-order valence-corrected chi connectivity index (χ4v) is 12.3. The smallest absolute Gasteiger partial charge is 0.349 e. The minimum Gasteiger partial charge on any atom is -0.460 e. The van der Waals surface area contributed by atoms with Gasteiger partial charge in [-0.25, -0.2) is 9.48 Å². The fraction of sp³-hybridized carbons (Fsp3) is 0.610. The number of hydrogen-bond acceptors (Lipinski definition) is 12. The van der Waals surface area contributed by atoms with Crippen LogP contribution in [0.25, 0.3) is 11.0 Å². The number of rotatable bonds is 14. The Morgan fingerprint density at radius 3 is 2.47 bits per heavy atom. The second kappa shape index (κ2) is 17.5. The van der Waals surface area contributed by atoms with E-state index in [9.17, 15) is 24.9 Å². The fourth-order valence-electron chi connectivity index (χ4n) is 9.94. The second-order valence-corrected chi connectivity index (χ2v) is 19.8. The van der Waals surface area contributed by atoms with Crippen LogP contribution in [0.5, 0.6) is 0 Å². The molecule has 1 saturated heterocycles. The van der Waals surface area contributed by atoms with Crippen LogP contribution in [-0.4, -0.2) is 97.6 Å². The van der Waals surface area contributed by atoms with Crippen molar-refractivity contribution in [3.05, 3.63) is 65.4 Å². The number of esters is 1. The van der Waals surface area contributed by atoms with E-state index in [1.54, 1.807) is 24.3 Å². The monoisotopic (exact) mass is 858 g/mol. The summed E-state index contributed by atoms with van der Waals surface area (Å²) in [5.74, 6) is -0.571. The van der Waals surface area contributed by atoms with Gasteiger partial charge in [0.2, 0.25) is 11.5 Å². The summed E-state index contributed by atoms with van der Waals surface area (Å²) < 4.78 is 9.00. The number of aliphatic hydroxyl groups is 3. The molecule has 0 radical (unpaired) electrons. The molecule has 308 valence electrons. The highest BCUT2D eigenvalue weighted by Crippen LogP contribution is 2.42. The van der Waals surface area contributed by atoms with E-state index in [1.165, 1.54) is 16.7 Å². The molecule has 8 rings (SSSR count). The Morgan fingerprint density at radius 2 is 1.77 bits per heavy atom. The van der Waals surface area contributed by atoms with Gasteiger partial charge in [0.25, 0.3) is 0 Å². The molecule has 4 unspecified atom stereocenters. The normalized spacial score (nSPS) is 25.7. The maximum absolute atomic E-state index is 13.6. The summed E-state index contributed by atoms with van der Waals surface area (Å²) in [6.07, 6.45) is 8.37. The first-order valence-electron chi connectivity index (χ1n) is 20.4. The average Bonchev–Trinajstić information content (AvgIpc) is 4.03. The molecule has 57 heavy (non-hydrogen) atoms. The maximum Gasteiger partial charge on any atom is 0.349 e. The van der Waals surface area contributed by atoms with Crippen molar-refractivity contribution in [2.75, 3.05) is 20.1 Å². The number of halogens is 2. The summed E-state index contributed by atoms with van der Waals surface area (Å²) in [7, 11) is 2.16. The van der Waals surface area contributed by atoms with Gasteiger partial charge in [0.1, 0.15) is 11.6 Å². The number of nitrogens with zero attached hydrogens (tertiary/aromatic N) is 4. The van der Waals surface area contributed by atoms with Gasteiger partial charge in [-0.2, -0.15) is 0 Å². The first kappa shape index (κ1) is 41.1. The van der Waals surface area contributed by atoms with Gasteiger partial charge in [0.15, 0.2) is 0 Å². The van der Waals surface area contributed by atoms with Gasteiger partial charge in [-0.15, -0.1) is 27.8 Å². The lowest BCUT2D eigenvalue weighted by atomic mass is 9.68. The predicted octanol–water partition coefficient (Wildman–Crippen LogP) is 5.58. The number of nitrogens with one attached hydrogen (secondary N) is 2. The molecule has 4 aliphatic rings. The number of thiophene rings is 2. The Balaban J connectivity index is 0.823. The minimum absolute atomic E-state index is 0.0101. The van der Waals surface area contributed by atoms with Gasteiger partial charge in [-0.1, -0.05) is 28.4 Å². The number of carbonyl (C=O) groups is 2. The van der Waals surface area contributed by atoms with Crippen molar-refractivity contribution in [2.24, 2.45) is 11.8 Å². The number of aromatic nitrogens is 3. The summed E-state index contributed by atoms with van der Waals surface area (Å²) >= 11 is 14.7. The molecule has 12 nitrogen and oxygen atoms in total. The molecule has 5 N–H and O–H groups in total. The molecule has 3 aromatic heterocycles. The summed E-state index contributed by atoms with van der Waals surface area (Å²) in [6, 6.07) is 8.92. The van der Waals surface area contributed by atoms with Crippen molar-refractivity contribution in [1.82, 2.24) is 30.5 Å². The maximum atomic E-state index is 13.6. The number of aryl methyl sites for hydroxylation is 2. The molecule has 5 atom stereocenters. The molecular formula is C41H52Cl2N6O6S2. The highest BCUT2D eigenvalue weighted by molar-refractivity contribution is 7.18. The molecule has 3 aliphatic carbocycles. The van der Waals surface area contributed by atoms with Crippen LogP contribution in [0.1, 0.15) is 90.7 Å². The molecule has 0 spiro atoms. The second-order valence-electron chi connectivity index (χ2n) is 16.4. The van der Waals surface area contributed by atoms with E-state index in [0.717, 1.165) is 91.7 Å². The van der Waals surface area contributed by atoms with Crippen LogP contribution in [-0.2, 0) is 45.9 Å². The van der Waals surface area contributed by atoms with Crippen molar-refractivity contribution >= 4 is 68.8 Å². The van der Waals surface area contributed by atoms with Crippen molar-refractivity contribution in [3.63, 3.8) is 0 Å². The molecule has 4 aromatic rings. The lowest BCUT2D eigenvalue weighted by Crippen LogP contribution is -2.58. The van der Waals surface area contributed by atoms with Gasteiger partial charge in [0, 0.05) is 32.1 Å². The van der Waals surface area contributed by atoms with E-state index in [1.807, 2.05) is 0 Å². The van der Waals surface area contributed by atoms with E-state index >= 15 is 0 Å². The molecule has 16 heteroatoms. The van der Waals surface area contributed by atoms with Crippen LogP contribution in [0.4, 0.5) is 0 Å². The third-order valence-corrected chi connectivity index (χ3v) is 15.6. The van der Waals surface area contributed by atoms with Crippen LogP contribution < -0.4 is 10.6 Å². The Morgan fingerprint density at radius 1 is 1.05 bits per heavy atom. The number of aliphatic hydroxyl groups excluding tert-OH is 2. The number of amides is 1. The number of carbonyl (C=O) groups excluding carboxylic acids is 2. The van der Waals surface area contributed by atoms with Crippen LogP contribution in [0.3, 0.4) is 0 Å². The molecule has 4 heterocycles. The summed E-state index contributed by atoms with van der Waals surface area (Å²) in [4.78, 5) is 28.8. The first-order valence-corrected chi connectivity index (χ1v) is 22.8. The van der Waals surface area contributed by atoms with E-state index in [2.05, 4.69) is 43.6 Å². The molecule has 1 aromatic carbocycles. The Hall–Kier alpha value is -2.66. The number of hydrogen-bond donors (Lipinski definition) is 5. The lowest BCUT2D eigenvalue weighted by Gasteiger charge is -2.45. The number of piperidine rings is 1. The zero-order chi connectivity index (χ0) is 39.8. The standard InChI is InChI=1S/C41H52Cl2N6O6S2/c1-48(24-6-8-25(9-7-24)55-40(53)41(54,33-13-15-35(42)56-33)34-14-16-36(43)57-34)18-3-19-49-39-29-5-2-4-26(29)23(20-30(39)46-47-49)21-44-22-32(51)27-10-12-31(50)38-28(27)11-17-37(52)45-38/h13-16,20,24-25,27-28,31-32,38,44,50-51,54H,2-12,17-19,21-22H2,1H3,(H,45,52)/t24?,25?,27?,28?,31?,32-,38?/m0/s1. The van der Waals surface area contributed by atoms with E-state index < -0.39 is 23.8 Å². The van der Waals surface area contributed by atoms with Crippen molar-refractivity contribution in [1.29, 1.82) is 0 Å². The zero-order valence-electron chi connectivity index (χ0n) is 32.2. The first-order chi connectivity index (χ1) is 27.5. The zero-order valence-corrected chi connectivity index (χ0v) is 35.3. The largest absolute Gasteiger partial charge is 0.460 e. The number of ether oxygens (including phenoxy) is 1. The molecule has 2 saturated carbocycles. The van der Waals surface area contributed by atoms with Crippen LogP contribution >= 0.6 is 45.9 Å². The highest BCUT2D eigenvalue weighted by Gasteiger charge is 2.46. The SMILES string of the molecule is CN(CCCn1nnc2cc(CNC[C@H](O)C3CCC(O)C4NC(=O)CCC43)c3c(c21)CCC3)C1CCC(OC(=O)C(O)(c2ccc(Cl)s2)c2ccc(Cl)s2)CC1. The summed E-state index contributed by atoms with van der Waals surface area (Å²) in [5.41, 5.74) is 4.02.